The highest BCUT2D eigenvalue weighted by Crippen LogP contribution is 2.38. The van der Waals surface area contributed by atoms with Gasteiger partial charge in [0.25, 0.3) is 5.91 Å². The normalized spacial score (nSPS) is 13.2. The number of phenols is 1. The summed E-state index contributed by atoms with van der Waals surface area (Å²) in [6.07, 6.45) is 4.12. The van der Waals surface area contributed by atoms with Crippen LogP contribution >= 0.6 is 0 Å². The molecule has 1 aliphatic carbocycles. The zero-order valence-electron chi connectivity index (χ0n) is 22.5. The highest BCUT2D eigenvalue weighted by Gasteiger charge is 2.26. The van der Waals surface area contributed by atoms with Gasteiger partial charge in [-0.3, -0.25) is 4.79 Å². The van der Waals surface area contributed by atoms with E-state index in [1.807, 2.05) is 30.3 Å². The second kappa shape index (κ2) is 11.9. The minimum Gasteiger partial charge on any atom is -0.507 e. The molecule has 3 aromatic carbocycles. The molecule has 40 heavy (non-hydrogen) atoms. The number of nitrogens with one attached hydrogen (secondary N) is 2. The van der Waals surface area contributed by atoms with Crippen molar-refractivity contribution in [3.63, 3.8) is 0 Å². The Morgan fingerprint density at radius 2 is 1.73 bits per heavy atom. The average Bonchev–Trinajstić information content (AvgIpc) is 3.68. The smallest absolute Gasteiger partial charge is 0.342 e. The zero-order valence-corrected chi connectivity index (χ0v) is 22.5. The zero-order chi connectivity index (χ0) is 28.1. The van der Waals surface area contributed by atoms with E-state index < -0.39 is 0 Å². The summed E-state index contributed by atoms with van der Waals surface area (Å²) in [6.45, 7) is 0.331. The molecule has 9 heteroatoms. The number of nitrogens with zero attached hydrogens (tertiary/aromatic N) is 2. The largest absolute Gasteiger partial charge is 0.507 e. The molecule has 0 radical (unpaired) electrons. The Morgan fingerprint density at radius 3 is 2.45 bits per heavy atom. The van der Waals surface area contributed by atoms with E-state index in [2.05, 4.69) is 15.7 Å². The first kappa shape index (κ1) is 26.8. The number of aromatic hydroxyl groups is 1. The van der Waals surface area contributed by atoms with Crippen molar-refractivity contribution in [3.05, 3.63) is 89.6 Å². The molecule has 4 aromatic rings. The molecular formula is C31H32N4O5. The molecular weight excluding hydrogens is 508 g/mol. The van der Waals surface area contributed by atoms with Gasteiger partial charge in [-0.05, 0) is 66.9 Å². The molecule has 1 fully saturated rings. The van der Waals surface area contributed by atoms with Gasteiger partial charge in [-0.2, -0.15) is 9.78 Å². The van der Waals surface area contributed by atoms with Gasteiger partial charge in [0, 0.05) is 23.7 Å². The quantitative estimate of drug-likeness (QED) is 0.238. The van der Waals surface area contributed by atoms with Crippen molar-refractivity contribution in [2.75, 3.05) is 19.5 Å². The third-order valence-electron chi connectivity index (χ3n) is 7.19. The first-order chi connectivity index (χ1) is 19.5. The van der Waals surface area contributed by atoms with Crippen molar-refractivity contribution in [1.82, 2.24) is 15.1 Å². The van der Waals surface area contributed by atoms with Crippen LogP contribution in [0, 0.1) is 0 Å². The molecule has 1 saturated carbocycles. The van der Waals surface area contributed by atoms with Crippen molar-refractivity contribution in [2.45, 2.75) is 38.1 Å². The third-order valence-corrected chi connectivity index (χ3v) is 7.19. The van der Waals surface area contributed by atoms with Crippen molar-refractivity contribution in [1.29, 1.82) is 0 Å². The van der Waals surface area contributed by atoms with Gasteiger partial charge in [0.15, 0.2) is 0 Å². The van der Waals surface area contributed by atoms with E-state index in [1.54, 1.807) is 43.5 Å². The van der Waals surface area contributed by atoms with Gasteiger partial charge in [-0.1, -0.05) is 37.1 Å². The Kier molecular flexibility index (Phi) is 8.00. The number of carbonyl (C=O) groups excluding carboxylic acids is 2. The standard InChI is InChI=1S/C31H32N4O5/c1-39-23-14-11-20(12-15-23)19-32-31(38)35-27(21-7-3-4-8-21)18-26(34-35)25-17-22(13-16-28(25)36)33-30(37)24-9-5-6-10-29(24)40-2/h5-6,9-18,21,36H,3-4,7-8,19H2,1-2H3,(H,32,38)(H,33,37). The van der Waals surface area contributed by atoms with E-state index in [1.165, 1.54) is 17.9 Å². The van der Waals surface area contributed by atoms with E-state index in [0.717, 1.165) is 42.7 Å². The molecule has 9 nitrogen and oxygen atoms in total. The predicted molar refractivity (Wildman–Crippen MR) is 152 cm³/mol. The summed E-state index contributed by atoms with van der Waals surface area (Å²) in [5.41, 5.74) is 3.47. The van der Waals surface area contributed by atoms with Crippen molar-refractivity contribution < 1.29 is 24.2 Å². The summed E-state index contributed by atoms with van der Waals surface area (Å²) < 4.78 is 11.9. The average molecular weight is 541 g/mol. The van der Waals surface area contributed by atoms with Crippen molar-refractivity contribution in [2.24, 2.45) is 0 Å². The van der Waals surface area contributed by atoms with Gasteiger partial charge in [0.05, 0.1) is 31.2 Å². The van der Waals surface area contributed by atoms with Crippen LogP contribution < -0.4 is 20.1 Å². The lowest BCUT2D eigenvalue weighted by Gasteiger charge is -2.12. The number of amides is 2. The number of aromatic nitrogens is 2. The number of ether oxygens (including phenoxy) is 2. The topological polar surface area (TPSA) is 115 Å². The number of anilines is 1. The Labute approximate surface area is 232 Å². The third kappa shape index (κ3) is 5.78. The van der Waals surface area contributed by atoms with Crippen LogP contribution in [0.25, 0.3) is 11.3 Å². The van der Waals surface area contributed by atoms with Crippen LogP contribution in [0.15, 0.2) is 72.8 Å². The van der Waals surface area contributed by atoms with Gasteiger partial charge in [-0.15, -0.1) is 0 Å². The maximum atomic E-state index is 13.3. The minimum absolute atomic E-state index is 0.00319. The summed E-state index contributed by atoms with van der Waals surface area (Å²) in [6, 6.07) is 20.7. The van der Waals surface area contributed by atoms with Gasteiger partial charge >= 0.3 is 6.03 Å². The molecule has 1 aliphatic rings. The molecule has 0 saturated heterocycles. The van der Waals surface area contributed by atoms with Crippen molar-refractivity contribution >= 4 is 17.6 Å². The molecule has 5 rings (SSSR count). The van der Waals surface area contributed by atoms with E-state index in [-0.39, 0.29) is 23.6 Å². The van der Waals surface area contributed by atoms with Crippen LogP contribution in [0.1, 0.15) is 53.2 Å². The van der Waals surface area contributed by atoms with Gasteiger partial charge < -0.3 is 25.2 Å². The molecule has 0 spiro atoms. The maximum Gasteiger partial charge on any atom is 0.342 e. The molecule has 0 atom stereocenters. The van der Waals surface area contributed by atoms with Gasteiger partial charge in [-0.25, -0.2) is 4.79 Å². The van der Waals surface area contributed by atoms with E-state index in [9.17, 15) is 14.7 Å². The van der Waals surface area contributed by atoms with E-state index >= 15 is 0 Å². The summed E-state index contributed by atoms with van der Waals surface area (Å²) in [7, 11) is 3.12. The molecule has 1 heterocycles. The summed E-state index contributed by atoms with van der Waals surface area (Å²) >= 11 is 0. The maximum absolute atomic E-state index is 13.3. The van der Waals surface area contributed by atoms with Crippen LogP contribution in [-0.2, 0) is 6.54 Å². The molecule has 2 amide bonds. The summed E-state index contributed by atoms with van der Waals surface area (Å²) in [4.78, 5) is 26.3. The second-order valence-electron chi connectivity index (χ2n) is 9.74. The van der Waals surface area contributed by atoms with Crippen LogP contribution in [0.3, 0.4) is 0 Å². The van der Waals surface area contributed by atoms with Crippen molar-refractivity contribution in [3.8, 4) is 28.5 Å². The number of hydrogen-bond donors (Lipinski definition) is 3. The number of methoxy groups -OCH3 is 2. The fourth-order valence-corrected chi connectivity index (χ4v) is 5.05. The first-order valence-corrected chi connectivity index (χ1v) is 13.3. The van der Waals surface area contributed by atoms with E-state index in [4.69, 9.17) is 9.47 Å². The Hall–Kier alpha value is -4.79. The Morgan fingerprint density at radius 1 is 0.975 bits per heavy atom. The van der Waals surface area contributed by atoms with Crippen LogP contribution in [0.5, 0.6) is 17.2 Å². The fraction of sp³-hybridized carbons (Fsp3) is 0.258. The fourth-order valence-electron chi connectivity index (χ4n) is 5.05. The molecule has 0 bridgehead atoms. The SMILES string of the molecule is COc1ccc(CNC(=O)n2nc(-c3cc(NC(=O)c4ccccc4OC)ccc3O)cc2C2CCCC2)cc1. The number of carbonyl (C=O) groups is 2. The molecule has 0 aliphatic heterocycles. The summed E-state index contributed by atoms with van der Waals surface area (Å²) in [5, 5.41) is 21.2. The Bertz CT molecular complexity index is 1510. The van der Waals surface area contributed by atoms with Crippen LogP contribution in [0.2, 0.25) is 0 Å². The minimum atomic E-state index is -0.343. The lowest BCUT2D eigenvalue weighted by atomic mass is 10.0. The predicted octanol–water partition coefficient (Wildman–Crippen LogP) is 5.94. The number of phenolic OH excluding ortho intramolecular Hbond substituents is 1. The number of hydrogen-bond acceptors (Lipinski definition) is 6. The number of benzene rings is 3. The Balaban J connectivity index is 1.41. The first-order valence-electron chi connectivity index (χ1n) is 13.3. The molecule has 1 aromatic heterocycles. The van der Waals surface area contributed by atoms with Crippen LogP contribution in [-0.4, -0.2) is 41.0 Å². The monoisotopic (exact) mass is 540 g/mol. The highest BCUT2D eigenvalue weighted by atomic mass is 16.5. The van der Waals surface area contributed by atoms with E-state index in [0.29, 0.717) is 34.8 Å². The highest BCUT2D eigenvalue weighted by molar-refractivity contribution is 6.06. The molecule has 206 valence electrons. The van der Waals surface area contributed by atoms with Gasteiger partial charge in [0.1, 0.15) is 17.2 Å². The van der Waals surface area contributed by atoms with Gasteiger partial charge in [0.2, 0.25) is 0 Å². The molecule has 3 N–H and O–H groups in total. The summed E-state index contributed by atoms with van der Waals surface area (Å²) in [5.74, 6) is 1.06. The number of para-hydroxylation sites is 1. The van der Waals surface area contributed by atoms with Crippen LogP contribution in [0.4, 0.5) is 10.5 Å². The lowest BCUT2D eigenvalue weighted by Crippen LogP contribution is -2.30. The lowest BCUT2D eigenvalue weighted by molar-refractivity contribution is 0.102. The number of rotatable bonds is 8. The second-order valence-corrected chi connectivity index (χ2v) is 9.74. The molecule has 0 unspecified atom stereocenters.